The van der Waals surface area contributed by atoms with E-state index in [0.29, 0.717) is 39.3 Å². The molecule has 2 aromatic rings. The van der Waals surface area contributed by atoms with Gasteiger partial charge in [0.05, 0.1) is 29.0 Å². The Morgan fingerprint density at radius 1 is 1.09 bits per heavy atom. The van der Waals surface area contributed by atoms with Crippen molar-refractivity contribution in [3.63, 3.8) is 0 Å². The second-order valence-electron chi connectivity index (χ2n) is 7.62. The second kappa shape index (κ2) is 9.94. The number of allylic oxidation sites excluding steroid dienone is 3. The zero-order valence-corrected chi connectivity index (χ0v) is 20.8. The minimum Gasteiger partial charge on any atom is -0.260 e. The minimum atomic E-state index is -4.14. The molecule has 0 saturated carbocycles. The molecule has 1 heterocycles. The van der Waals surface area contributed by atoms with E-state index in [-0.39, 0.29) is 23.5 Å². The molecule has 0 bridgehead atoms. The first kappa shape index (κ1) is 24.5. The van der Waals surface area contributed by atoms with Crippen molar-refractivity contribution in [1.82, 2.24) is 4.72 Å². The zero-order chi connectivity index (χ0) is 23.8. The molecule has 0 fully saturated rings. The topological polar surface area (TPSA) is 61.8 Å². The van der Waals surface area contributed by atoms with Gasteiger partial charge in [0.25, 0.3) is 0 Å². The van der Waals surface area contributed by atoms with Gasteiger partial charge in [-0.15, -0.1) is 0 Å². The molecule has 33 heavy (non-hydrogen) atoms. The van der Waals surface area contributed by atoms with Crippen molar-refractivity contribution >= 4 is 67.8 Å². The van der Waals surface area contributed by atoms with E-state index in [2.05, 4.69) is 9.82 Å². The van der Waals surface area contributed by atoms with E-state index in [4.69, 9.17) is 46.4 Å². The van der Waals surface area contributed by atoms with Crippen LogP contribution in [-0.2, 0) is 10.0 Å². The normalized spacial score (nSPS) is 20.7. The predicted molar refractivity (Wildman–Crippen MR) is 133 cm³/mol. The molecule has 5 nitrogen and oxygen atoms in total. The van der Waals surface area contributed by atoms with Crippen LogP contribution in [0.3, 0.4) is 0 Å². The molecule has 2 atom stereocenters. The third kappa shape index (κ3) is 5.56. The number of rotatable bonds is 6. The number of anilines is 1. The molecule has 0 spiro atoms. The van der Waals surface area contributed by atoms with Gasteiger partial charge in [-0.3, -0.25) is 5.01 Å². The van der Waals surface area contributed by atoms with E-state index in [1.165, 1.54) is 6.07 Å². The van der Waals surface area contributed by atoms with Crippen LogP contribution in [0.15, 0.2) is 69.7 Å². The maximum absolute atomic E-state index is 14.1. The molecule has 4 rings (SSSR count). The van der Waals surface area contributed by atoms with Gasteiger partial charge in [-0.1, -0.05) is 58.6 Å². The van der Waals surface area contributed by atoms with Gasteiger partial charge >= 0.3 is 0 Å². The number of nitrogens with zero attached hydrogens (tertiary/aromatic N) is 2. The number of hydrogen-bond acceptors (Lipinski definition) is 4. The summed E-state index contributed by atoms with van der Waals surface area (Å²) in [6, 6.07) is 8.36. The molecule has 11 heteroatoms. The highest BCUT2D eigenvalue weighted by Gasteiger charge is 2.35. The van der Waals surface area contributed by atoms with Gasteiger partial charge in [-0.25, -0.2) is 17.5 Å². The van der Waals surface area contributed by atoms with Gasteiger partial charge in [0.1, 0.15) is 10.7 Å². The molecule has 1 unspecified atom stereocenters. The highest BCUT2D eigenvalue weighted by molar-refractivity contribution is 7.89. The fourth-order valence-corrected chi connectivity index (χ4v) is 5.78. The minimum absolute atomic E-state index is 0.0717. The first-order valence-electron chi connectivity index (χ1n) is 9.93. The standard InChI is InChI=1S/C22H18Cl4FN3O2S/c23-14-3-1-13(2-4-14)21-11-17(29-30(21)20-8-6-15(24)9-18(20)26)12-28-33(31,32)22-10-16(25)5-7-19(22)27/h1,3-10,13,21,28H,2,11-12H2/t13-,21?/m1/s1. The van der Waals surface area contributed by atoms with Crippen molar-refractivity contribution < 1.29 is 12.8 Å². The Kier molecular flexibility index (Phi) is 7.38. The second-order valence-corrected chi connectivity index (χ2v) is 11.1. The molecular weight excluding hydrogens is 531 g/mol. The van der Waals surface area contributed by atoms with Crippen LogP contribution in [0.25, 0.3) is 0 Å². The lowest BCUT2D eigenvalue weighted by Crippen LogP contribution is -2.34. The average Bonchev–Trinajstić information content (AvgIpc) is 3.18. The summed E-state index contributed by atoms with van der Waals surface area (Å²) < 4.78 is 41.9. The molecule has 0 radical (unpaired) electrons. The molecule has 0 aromatic heterocycles. The van der Waals surface area contributed by atoms with Gasteiger partial charge in [-0.05, 0) is 48.9 Å². The molecule has 174 valence electrons. The summed E-state index contributed by atoms with van der Waals surface area (Å²) in [5.41, 5.74) is 1.23. The quantitative estimate of drug-likeness (QED) is 0.454. The lowest BCUT2D eigenvalue weighted by Gasteiger charge is -2.30. The predicted octanol–water partition coefficient (Wildman–Crippen LogP) is 6.40. The SMILES string of the molecule is O=S(=O)(NCC1=NN(c2ccc(Cl)cc2Cl)C([C@@H]2C=CC(Cl)=CC2)C1)c1cc(Cl)ccc1F. The van der Waals surface area contributed by atoms with Gasteiger partial charge in [0.15, 0.2) is 0 Å². The summed E-state index contributed by atoms with van der Waals surface area (Å²) in [6.45, 7) is -0.0977. The Morgan fingerprint density at radius 2 is 1.82 bits per heavy atom. The van der Waals surface area contributed by atoms with Crippen molar-refractivity contribution in [2.75, 3.05) is 11.6 Å². The first-order valence-corrected chi connectivity index (χ1v) is 12.9. The van der Waals surface area contributed by atoms with Crippen LogP contribution < -0.4 is 9.73 Å². The van der Waals surface area contributed by atoms with Crippen molar-refractivity contribution in [1.29, 1.82) is 0 Å². The van der Waals surface area contributed by atoms with Crippen LogP contribution in [0.5, 0.6) is 0 Å². The Labute approximate surface area is 211 Å². The molecule has 2 aliphatic rings. The van der Waals surface area contributed by atoms with Gasteiger partial charge in [-0.2, -0.15) is 5.10 Å². The molecular formula is C22H18Cl4FN3O2S. The number of benzene rings is 2. The van der Waals surface area contributed by atoms with Crippen LogP contribution in [0.1, 0.15) is 12.8 Å². The Bertz CT molecular complexity index is 1280. The smallest absolute Gasteiger partial charge is 0.243 e. The molecule has 2 aromatic carbocycles. The zero-order valence-electron chi connectivity index (χ0n) is 17.0. The number of hydrazone groups is 1. The summed E-state index contributed by atoms with van der Waals surface area (Å²) in [7, 11) is -4.14. The number of sulfonamides is 1. The summed E-state index contributed by atoms with van der Waals surface area (Å²) in [4.78, 5) is -0.516. The van der Waals surface area contributed by atoms with Crippen LogP contribution in [0.2, 0.25) is 15.1 Å². The van der Waals surface area contributed by atoms with Crippen LogP contribution in [0.4, 0.5) is 10.1 Å². The van der Waals surface area contributed by atoms with Crippen LogP contribution >= 0.6 is 46.4 Å². The van der Waals surface area contributed by atoms with Crippen molar-refractivity contribution in [3.8, 4) is 0 Å². The first-order chi connectivity index (χ1) is 15.6. The third-order valence-corrected chi connectivity index (χ3v) is 7.86. The summed E-state index contributed by atoms with van der Waals surface area (Å²) in [5, 5.41) is 8.13. The van der Waals surface area contributed by atoms with E-state index >= 15 is 0 Å². The van der Waals surface area contributed by atoms with E-state index < -0.39 is 20.7 Å². The maximum Gasteiger partial charge on any atom is 0.243 e. The number of hydrogen-bond donors (Lipinski definition) is 1. The Balaban J connectivity index is 1.59. The highest BCUT2D eigenvalue weighted by atomic mass is 35.5. The van der Waals surface area contributed by atoms with Crippen molar-refractivity contribution in [2.24, 2.45) is 11.0 Å². The molecule has 1 N–H and O–H groups in total. The average molecular weight is 549 g/mol. The molecule has 1 aliphatic carbocycles. The van der Waals surface area contributed by atoms with E-state index in [0.717, 1.165) is 12.1 Å². The highest BCUT2D eigenvalue weighted by Crippen LogP contribution is 2.38. The maximum atomic E-state index is 14.1. The van der Waals surface area contributed by atoms with Gasteiger partial charge < -0.3 is 0 Å². The van der Waals surface area contributed by atoms with Gasteiger partial charge in [0, 0.05) is 27.4 Å². The summed E-state index contributed by atoms with van der Waals surface area (Å²) in [6.07, 6.45) is 6.94. The van der Waals surface area contributed by atoms with Crippen LogP contribution in [-0.4, -0.2) is 26.7 Å². The van der Waals surface area contributed by atoms with Crippen molar-refractivity contribution in [2.45, 2.75) is 23.8 Å². The third-order valence-electron chi connectivity index (χ3n) is 5.40. The summed E-state index contributed by atoms with van der Waals surface area (Å²) >= 11 is 24.4. The Morgan fingerprint density at radius 3 is 2.52 bits per heavy atom. The largest absolute Gasteiger partial charge is 0.260 e. The van der Waals surface area contributed by atoms with Crippen molar-refractivity contribution in [3.05, 3.63) is 80.5 Å². The fraction of sp³-hybridized carbons (Fsp3) is 0.227. The lowest BCUT2D eigenvalue weighted by molar-refractivity contribution is 0.499. The number of nitrogens with one attached hydrogen (secondary N) is 1. The monoisotopic (exact) mass is 547 g/mol. The van der Waals surface area contributed by atoms with E-state index in [1.54, 1.807) is 23.2 Å². The number of halogens is 5. The Hall–Kier alpha value is -1.61. The van der Waals surface area contributed by atoms with Crippen LogP contribution in [0, 0.1) is 11.7 Å². The summed E-state index contributed by atoms with van der Waals surface area (Å²) in [5.74, 6) is -0.814. The molecule has 0 saturated heterocycles. The van der Waals surface area contributed by atoms with E-state index in [9.17, 15) is 12.8 Å². The fourth-order valence-electron chi connectivity index (χ4n) is 3.77. The lowest BCUT2D eigenvalue weighted by atomic mass is 9.89. The molecule has 1 aliphatic heterocycles. The molecule has 0 amide bonds. The van der Waals surface area contributed by atoms with E-state index in [1.807, 2.05) is 18.2 Å². The van der Waals surface area contributed by atoms with Gasteiger partial charge in [0.2, 0.25) is 10.0 Å².